The van der Waals surface area contributed by atoms with Crippen molar-refractivity contribution in [3.63, 3.8) is 0 Å². The van der Waals surface area contributed by atoms with Gasteiger partial charge in [0.05, 0.1) is 8.61 Å². The Balaban J connectivity index is 2.21. The molecule has 0 radical (unpaired) electrons. The number of benzene rings is 2. The Kier molecular flexibility index (Phi) is 3.79. The smallest absolute Gasteiger partial charge is 0.0746 e. The van der Waals surface area contributed by atoms with Crippen LogP contribution in [0, 0.1) is 6.92 Å². The van der Waals surface area contributed by atoms with Gasteiger partial charge in [-0.2, -0.15) is 0 Å². The van der Waals surface area contributed by atoms with E-state index >= 15 is 0 Å². The number of aryl methyl sites for hydroxylation is 1. The van der Waals surface area contributed by atoms with Crippen LogP contribution in [0.1, 0.15) is 20.8 Å². The summed E-state index contributed by atoms with van der Waals surface area (Å²) in [5.41, 5.74) is 2.69. The van der Waals surface area contributed by atoms with Crippen molar-refractivity contribution < 1.29 is 0 Å². The van der Waals surface area contributed by atoms with Gasteiger partial charge in [-0.05, 0) is 56.9 Å². The lowest BCUT2D eigenvalue weighted by Gasteiger charge is -2.15. The molecule has 0 bridgehead atoms. The molecule has 0 aliphatic rings. The van der Waals surface area contributed by atoms with E-state index in [0.29, 0.717) is 0 Å². The standard InChI is InChI=1S/C16H12Br2S/c1-10-6-7-11-4-2-3-5-12(11)15(10)16(18)13-8-9-14(17)19-13/h2-9,16H,1H3. The maximum absolute atomic E-state index is 3.87. The Morgan fingerprint density at radius 2 is 1.79 bits per heavy atom. The van der Waals surface area contributed by atoms with Crippen LogP contribution in [-0.4, -0.2) is 0 Å². The summed E-state index contributed by atoms with van der Waals surface area (Å²) in [6.45, 7) is 2.18. The largest absolute Gasteiger partial charge is 0.132 e. The van der Waals surface area contributed by atoms with Gasteiger partial charge in [0.2, 0.25) is 0 Å². The molecule has 0 saturated heterocycles. The van der Waals surface area contributed by atoms with Gasteiger partial charge in [0, 0.05) is 4.88 Å². The monoisotopic (exact) mass is 394 g/mol. The lowest BCUT2D eigenvalue weighted by molar-refractivity contribution is 1.20. The van der Waals surface area contributed by atoms with Gasteiger partial charge in [0.15, 0.2) is 0 Å². The summed E-state index contributed by atoms with van der Waals surface area (Å²) in [7, 11) is 0. The zero-order valence-corrected chi connectivity index (χ0v) is 14.3. The molecule has 1 heterocycles. The van der Waals surface area contributed by atoms with E-state index in [0.717, 1.165) is 0 Å². The van der Waals surface area contributed by atoms with Gasteiger partial charge < -0.3 is 0 Å². The molecule has 1 atom stereocenters. The van der Waals surface area contributed by atoms with Crippen LogP contribution in [0.3, 0.4) is 0 Å². The van der Waals surface area contributed by atoms with Crippen LogP contribution >= 0.6 is 43.2 Å². The molecule has 2 aromatic carbocycles. The summed E-state index contributed by atoms with van der Waals surface area (Å²) in [4.78, 5) is 1.57. The Morgan fingerprint density at radius 3 is 2.53 bits per heavy atom. The predicted octanol–water partition coefficient (Wildman–Crippen LogP) is 6.46. The van der Waals surface area contributed by atoms with Crippen molar-refractivity contribution in [3.8, 4) is 0 Å². The zero-order valence-electron chi connectivity index (χ0n) is 10.4. The van der Waals surface area contributed by atoms with Crippen molar-refractivity contribution in [2.24, 2.45) is 0 Å². The molecule has 0 amide bonds. The van der Waals surface area contributed by atoms with Crippen LogP contribution in [0.15, 0.2) is 52.3 Å². The first kappa shape index (κ1) is 13.3. The number of halogens is 2. The van der Waals surface area contributed by atoms with Crippen LogP contribution < -0.4 is 0 Å². The van der Waals surface area contributed by atoms with Crippen LogP contribution in [0.4, 0.5) is 0 Å². The number of fused-ring (bicyclic) bond motifs is 1. The number of hydrogen-bond acceptors (Lipinski definition) is 1. The summed E-state index contributed by atoms with van der Waals surface area (Å²) in [5.74, 6) is 0. The average Bonchev–Trinajstić information content (AvgIpc) is 2.85. The highest BCUT2D eigenvalue weighted by molar-refractivity contribution is 9.11. The van der Waals surface area contributed by atoms with E-state index in [1.165, 1.54) is 30.6 Å². The van der Waals surface area contributed by atoms with Crippen molar-refractivity contribution in [1.29, 1.82) is 0 Å². The van der Waals surface area contributed by atoms with E-state index in [9.17, 15) is 0 Å². The SMILES string of the molecule is Cc1ccc2ccccc2c1C(Br)c1ccc(Br)s1. The molecular formula is C16H12Br2S. The summed E-state index contributed by atoms with van der Waals surface area (Å²) in [6, 6.07) is 17.2. The average molecular weight is 396 g/mol. The van der Waals surface area contributed by atoms with E-state index < -0.39 is 0 Å². The van der Waals surface area contributed by atoms with Crippen molar-refractivity contribution >= 4 is 54.0 Å². The molecule has 3 rings (SSSR count). The second-order valence-corrected chi connectivity index (χ2v) is 7.93. The lowest BCUT2D eigenvalue weighted by atomic mass is 9.97. The van der Waals surface area contributed by atoms with Crippen molar-refractivity contribution in [2.45, 2.75) is 11.8 Å². The minimum atomic E-state index is 0.245. The predicted molar refractivity (Wildman–Crippen MR) is 91.5 cm³/mol. The maximum atomic E-state index is 3.87. The Labute approximate surface area is 133 Å². The number of alkyl halides is 1. The topological polar surface area (TPSA) is 0 Å². The van der Waals surface area contributed by atoms with E-state index in [1.54, 1.807) is 11.3 Å². The van der Waals surface area contributed by atoms with Gasteiger partial charge in [-0.15, -0.1) is 11.3 Å². The van der Waals surface area contributed by atoms with Gasteiger partial charge in [-0.1, -0.05) is 52.3 Å². The molecule has 0 nitrogen and oxygen atoms in total. The second-order valence-electron chi connectivity index (χ2n) is 4.52. The third-order valence-electron chi connectivity index (χ3n) is 3.29. The van der Waals surface area contributed by atoms with Gasteiger partial charge in [-0.25, -0.2) is 0 Å². The first-order valence-electron chi connectivity index (χ1n) is 6.04. The maximum Gasteiger partial charge on any atom is 0.0746 e. The van der Waals surface area contributed by atoms with E-state index in [1.807, 2.05) is 0 Å². The molecular weight excluding hydrogens is 384 g/mol. The van der Waals surface area contributed by atoms with E-state index in [4.69, 9.17) is 0 Å². The molecule has 0 saturated carbocycles. The number of rotatable bonds is 2. The fourth-order valence-corrected chi connectivity index (χ4v) is 4.80. The molecule has 1 aromatic heterocycles. The van der Waals surface area contributed by atoms with E-state index in [-0.39, 0.29) is 4.83 Å². The summed E-state index contributed by atoms with van der Waals surface area (Å²) in [6.07, 6.45) is 0. The highest BCUT2D eigenvalue weighted by atomic mass is 79.9. The van der Waals surface area contributed by atoms with Crippen LogP contribution in [0.2, 0.25) is 0 Å². The molecule has 19 heavy (non-hydrogen) atoms. The summed E-state index contributed by atoms with van der Waals surface area (Å²) < 4.78 is 1.17. The Morgan fingerprint density at radius 1 is 1.00 bits per heavy atom. The highest BCUT2D eigenvalue weighted by Crippen LogP contribution is 2.41. The highest BCUT2D eigenvalue weighted by Gasteiger charge is 2.17. The molecule has 0 spiro atoms. The third kappa shape index (κ3) is 2.51. The second kappa shape index (κ2) is 5.39. The van der Waals surface area contributed by atoms with Gasteiger partial charge in [-0.3, -0.25) is 0 Å². The summed E-state index contributed by atoms with van der Waals surface area (Å²) in [5, 5.41) is 2.62. The Hall–Kier alpha value is -0.640. The number of hydrogen-bond donors (Lipinski definition) is 0. The van der Waals surface area contributed by atoms with Crippen molar-refractivity contribution in [3.05, 3.63) is 68.3 Å². The first-order valence-corrected chi connectivity index (χ1v) is 8.57. The van der Waals surface area contributed by atoms with Gasteiger partial charge >= 0.3 is 0 Å². The molecule has 0 aliphatic carbocycles. The summed E-state index contributed by atoms with van der Waals surface area (Å²) >= 11 is 9.19. The zero-order chi connectivity index (χ0) is 13.4. The van der Waals surface area contributed by atoms with Crippen molar-refractivity contribution in [2.75, 3.05) is 0 Å². The van der Waals surface area contributed by atoms with Crippen LogP contribution in [-0.2, 0) is 0 Å². The normalized spacial score (nSPS) is 12.8. The minimum Gasteiger partial charge on any atom is -0.132 e. The molecule has 0 fully saturated rings. The molecule has 96 valence electrons. The van der Waals surface area contributed by atoms with E-state index in [2.05, 4.69) is 87.3 Å². The molecule has 1 unspecified atom stereocenters. The molecule has 0 N–H and O–H groups in total. The fraction of sp³-hybridized carbons (Fsp3) is 0.125. The third-order valence-corrected chi connectivity index (χ3v) is 6.23. The molecule has 0 aliphatic heterocycles. The van der Waals surface area contributed by atoms with Crippen LogP contribution in [0.5, 0.6) is 0 Å². The fourth-order valence-electron chi connectivity index (χ4n) is 2.35. The first-order chi connectivity index (χ1) is 9.16. The number of thiophene rings is 1. The Bertz CT molecular complexity index is 730. The quantitative estimate of drug-likeness (QED) is 0.437. The van der Waals surface area contributed by atoms with Gasteiger partial charge in [0.1, 0.15) is 0 Å². The lowest BCUT2D eigenvalue weighted by Crippen LogP contribution is -1.95. The van der Waals surface area contributed by atoms with Gasteiger partial charge in [0.25, 0.3) is 0 Å². The minimum absolute atomic E-state index is 0.245. The van der Waals surface area contributed by atoms with Crippen LogP contribution in [0.25, 0.3) is 10.8 Å². The molecule has 3 heteroatoms. The molecule has 3 aromatic rings. The van der Waals surface area contributed by atoms with Crippen molar-refractivity contribution in [1.82, 2.24) is 0 Å².